The molecule has 0 bridgehead atoms. The number of aryl methyl sites for hydroxylation is 1. The molecule has 1 aliphatic rings. The Morgan fingerprint density at radius 3 is 2.70 bits per heavy atom. The lowest BCUT2D eigenvalue weighted by Crippen LogP contribution is -2.31. The summed E-state index contributed by atoms with van der Waals surface area (Å²) in [4.78, 5) is 17.1. The van der Waals surface area contributed by atoms with E-state index in [0.717, 1.165) is 48.0 Å². The summed E-state index contributed by atoms with van der Waals surface area (Å²) < 4.78 is 0. The van der Waals surface area contributed by atoms with E-state index in [1.807, 2.05) is 19.0 Å². The lowest BCUT2D eigenvalue weighted by atomic mass is 10.00. The zero-order valence-electron chi connectivity index (χ0n) is 13.8. The van der Waals surface area contributed by atoms with Crippen molar-refractivity contribution < 1.29 is 0 Å². The standard InChI is InChI=1S/C18H21N5/c1-12-10-15-16(19-12)20-18(22(2)3)21-17(15)23-9-8-13-6-4-5-7-14(13)11-23/h4-7,10H,8-9,11H2,1-3H3,(H,19,20,21). The molecule has 0 atom stereocenters. The first-order valence-electron chi connectivity index (χ1n) is 7.98. The number of rotatable bonds is 2. The van der Waals surface area contributed by atoms with Crippen LogP contribution in [0.2, 0.25) is 0 Å². The van der Waals surface area contributed by atoms with Gasteiger partial charge in [-0.1, -0.05) is 24.3 Å². The fourth-order valence-corrected chi connectivity index (χ4v) is 3.23. The summed E-state index contributed by atoms with van der Waals surface area (Å²) in [6, 6.07) is 10.8. The van der Waals surface area contributed by atoms with Crippen molar-refractivity contribution in [2.75, 3.05) is 30.4 Å². The number of nitrogens with zero attached hydrogens (tertiary/aromatic N) is 4. The minimum atomic E-state index is 0.744. The summed E-state index contributed by atoms with van der Waals surface area (Å²) in [5.41, 5.74) is 4.87. The lowest BCUT2D eigenvalue weighted by molar-refractivity contribution is 0.722. The Morgan fingerprint density at radius 2 is 1.91 bits per heavy atom. The molecule has 5 nitrogen and oxygen atoms in total. The summed E-state index contributed by atoms with van der Waals surface area (Å²) in [5.74, 6) is 1.77. The Kier molecular flexibility index (Phi) is 3.22. The van der Waals surface area contributed by atoms with Crippen molar-refractivity contribution in [3.63, 3.8) is 0 Å². The summed E-state index contributed by atoms with van der Waals surface area (Å²) in [6.07, 6.45) is 1.06. The fraction of sp³-hybridized carbons (Fsp3) is 0.333. The van der Waals surface area contributed by atoms with E-state index in [4.69, 9.17) is 4.98 Å². The van der Waals surface area contributed by atoms with E-state index < -0.39 is 0 Å². The molecule has 1 aliphatic heterocycles. The number of hydrogen-bond donors (Lipinski definition) is 1. The molecule has 0 amide bonds. The molecule has 5 heteroatoms. The molecule has 3 aromatic rings. The van der Waals surface area contributed by atoms with Gasteiger partial charge in [-0.15, -0.1) is 0 Å². The van der Waals surface area contributed by atoms with Crippen LogP contribution in [0, 0.1) is 6.92 Å². The summed E-state index contributed by atoms with van der Waals surface area (Å²) in [7, 11) is 3.96. The molecule has 3 heterocycles. The topological polar surface area (TPSA) is 48.1 Å². The molecule has 1 N–H and O–H groups in total. The second kappa shape index (κ2) is 5.26. The van der Waals surface area contributed by atoms with Gasteiger partial charge in [-0.3, -0.25) is 0 Å². The highest BCUT2D eigenvalue weighted by Gasteiger charge is 2.21. The van der Waals surface area contributed by atoms with Crippen molar-refractivity contribution in [2.45, 2.75) is 19.9 Å². The largest absolute Gasteiger partial charge is 0.351 e. The monoisotopic (exact) mass is 307 g/mol. The third-order valence-corrected chi connectivity index (χ3v) is 4.42. The van der Waals surface area contributed by atoms with Gasteiger partial charge >= 0.3 is 0 Å². The van der Waals surface area contributed by atoms with Crippen molar-refractivity contribution in [3.05, 3.63) is 47.2 Å². The van der Waals surface area contributed by atoms with E-state index in [9.17, 15) is 0 Å². The number of anilines is 2. The number of nitrogens with one attached hydrogen (secondary N) is 1. The Labute approximate surface area is 136 Å². The van der Waals surface area contributed by atoms with Crippen LogP contribution in [0.3, 0.4) is 0 Å². The zero-order valence-corrected chi connectivity index (χ0v) is 13.8. The number of aromatic nitrogens is 3. The molecular weight excluding hydrogens is 286 g/mol. The van der Waals surface area contributed by atoms with Gasteiger partial charge in [-0.05, 0) is 30.5 Å². The molecule has 0 unspecified atom stereocenters. The van der Waals surface area contributed by atoms with E-state index in [-0.39, 0.29) is 0 Å². The average molecular weight is 307 g/mol. The summed E-state index contributed by atoms with van der Waals surface area (Å²) in [6.45, 7) is 3.95. The van der Waals surface area contributed by atoms with Crippen molar-refractivity contribution in [3.8, 4) is 0 Å². The Morgan fingerprint density at radius 1 is 1.13 bits per heavy atom. The molecule has 1 aromatic carbocycles. The van der Waals surface area contributed by atoms with Crippen LogP contribution in [0.5, 0.6) is 0 Å². The smallest absolute Gasteiger partial charge is 0.228 e. The average Bonchev–Trinajstić information content (AvgIpc) is 2.93. The molecule has 23 heavy (non-hydrogen) atoms. The number of H-pyrrole nitrogens is 1. The van der Waals surface area contributed by atoms with Gasteiger partial charge in [0.1, 0.15) is 11.5 Å². The van der Waals surface area contributed by atoms with Gasteiger partial charge in [0.05, 0.1) is 5.39 Å². The third-order valence-electron chi connectivity index (χ3n) is 4.42. The van der Waals surface area contributed by atoms with Crippen LogP contribution >= 0.6 is 0 Å². The Hall–Kier alpha value is -2.56. The highest BCUT2D eigenvalue weighted by Crippen LogP contribution is 2.30. The molecule has 0 spiro atoms. The first kappa shape index (κ1) is 14.1. The van der Waals surface area contributed by atoms with Crippen LogP contribution in [-0.2, 0) is 13.0 Å². The Balaban J connectivity index is 1.82. The molecule has 0 aliphatic carbocycles. The van der Waals surface area contributed by atoms with Gasteiger partial charge in [-0.2, -0.15) is 9.97 Å². The van der Waals surface area contributed by atoms with E-state index >= 15 is 0 Å². The molecule has 4 rings (SSSR count). The SMILES string of the molecule is Cc1cc2c(N3CCc4ccccc4C3)nc(N(C)C)nc2[nH]1. The zero-order chi connectivity index (χ0) is 16.0. The Bertz CT molecular complexity index is 865. The number of fused-ring (bicyclic) bond motifs is 2. The van der Waals surface area contributed by atoms with Crippen LogP contribution in [0.4, 0.5) is 11.8 Å². The second-order valence-electron chi connectivity index (χ2n) is 6.40. The number of hydrogen-bond acceptors (Lipinski definition) is 4. The molecular formula is C18H21N5. The van der Waals surface area contributed by atoms with Crippen LogP contribution in [0.1, 0.15) is 16.8 Å². The van der Waals surface area contributed by atoms with E-state index in [1.54, 1.807) is 0 Å². The van der Waals surface area contributed by atoms with Gasteiger partial charge < -0.3 is 14.8 Å². The van der Waals surface area contributed by atoms with E-state index in [1.165, 1.54) is 11.1 Å². The van der Waals surface area contributed by atoms with Crippen molar-refractivity contribution >= 4 is 22.8 Å². The van der Waals surface area contributed by atoms with E-state index in [0.29, 0.717) is 0 Å². The van der Waals surface area contributed by atoms with Crippen LogP contribution in [0.25, 0.3) is 11.0 Å². The molecule has 2 aromatic heterocycles. The van der Waals surface area contributed by atoms with E-state index in [2.05, 4.69) is 52.1 Å². The van der Waals surface area contributed by atoms with Crippen LogP contribution in [-0.4, -0.2) is 35.6 Å². The molecule has 118 valence electrons. The third kappa shape index (κ3) is 2.42. The molecule has 0 radical (unpaired) electrons. The normalized spacial score (nSPS) is 14.1. The van der Waals surface area contributed by atoms with Crippen molar-refractivity contribution in [1.29, 1.82) is 0 Å². The highest BCUT2D eigenvalue weighted by atomic mass is 15.3. The molecule has 0 fully saturated rings. The van der Waals surface area contributed by atoms with Gasteiger partial charge in [0, 0.05) is 32.9 Å². The van der Waals surface area contributed by atoms with Crippen LogP contribution in [0.15, 0.2) is 30.3 Å². The number of benzene rings is 1. The predicted molar refractivity (Wildman–Crippen MR) is 94.1 cm³/mol. The molecule has 0 saturated carbocycles. The van der Waals surface area contributed by atoms with Gasteiger partial charge in [0.15, 0.2) is 0 Å². The quantitative estimate of drug-likeness (QED) is 0.791. The van der Waals surface area contributed by atoms with Gasteiger partial charge in [0.25, 0.3) is 0 Å². The maximum atomic E-state index is 4.83. The van der Waals surface area contributed by atoms with Crippen LogP contribution < -0.4 is 9.80 Å². The van der Waals surface area contributed by atoms with Gasteiger partial charge in [0.2, 0.25) is 5.95 Å². The second-order valence-corrected chi connectivity index (χ2v) is 6.40. The first-order chi connectivity index (χ1) is 11.1. The first-order valence-corrected chi connectivity index (χ1v) is 7.98. The predicted octanol–water partition coefficient (Wildman–Crippen LogP) is 2.90. The minimum Gasteiger partial charge on any atom is -0.351 e. The fourth-order valence-electron chi connectivity index (χ4n) is 3.23. The minimum absolute atomic E-state index is 0.744. The molecule has 0 saturated heterocycles. The summed E-state index contributed by atoms with van der Waals surface area (Å²) in [5, 5.41) is 1.10. The van der Waals surface area contributed by atoms with Crippen molar-refractivity contribution in [1.82, 2.24) is 15.0 Å². The lowest BCUT2D eigenvalue weighted by Gasteiger charge is -2.30. The highest BCUT2D eigenvalue weighted by molar-refractivity contribution is 5.89. The summed E-state index contributed by atoms with van der Waals surface area (Å²) >= 11 is 0. The maximum absolute atomic E-state index is 4.83. The maximum Gasteiger partial charge on any atom is 0.228 e. The van der Waals surface area contributed by atoms with Gasteiger partial charge in [-0.25, -0.2) is 0 Å². The number of aromatic amines is 1. The van der Waals surface area contributed by atoms with Crippen molar-refractivity contribution in [2.24, 2.45) is 0 Å².